The van der Waals surface area contributed by atoms with Gasteiger partial charge < -0.3 is 10.6 Å². The van der Waals surface area contributed by atoms with Crippen LogP contribution >= 0.6 is 0 Å². The van der Waals surface area contributed by atoms with Crippen LogP contribution in [-0.2, 0) is 4.84 Å². The average Bonchev–Trinajstić information content (AvgIpc) is 2.15. The maximum Gasteiger partial charge on any atom is 0.0572 e. The van der Waals surface area contributed by atoms with E-state index in [1.807, 2.05) is 0 Å². The maximum absolute atomic E-state index is 5.64. The predicted octanol–water partition coefficient (Wildman–Crippen LogP) is 0.902. The zero-order valence-electron chi connectivity index (χ0n) is 7.88. The van der Waals surface area contributed by atoms with E-state index in [0.29, 0.717) is 0 Å². The van der Waals surface area contributed by atoms with Crippen molar-refractivity contribution in [2.75, 3.05) is 20.2 Å². The van der Waals surface area contributed by atoms with E-state index in [4.69, 9.17) is 10.6 Å². The molecule has 1 rings (SSSR count). The van der Waals surface area contributed by atoms with Crippen molar-refractivity contribution in [3.05, 3.63) is 0 Å². The quantitative estimate of drug-likeness (QED) is 0.619. The van der Waals surface area contributed by atoms with Crippen molar-refractivity contribution >= 4 is 0 Å². The van der Waals surface area contributed by atoms with E-state index in [1.165, 1.54) is 25.7 Å². The summed E-state index contributed by atoms with van der Waals surface area (Å²) in [6.07, 6.45) is 5.25. The third-order valence-electron chi connectivity index (χ3n) is 2.74. The van der Waals surface area contributed by atoms with Gasteiger partial charge in [0.15, 0.2) is 0 Å². The lowest BCUT2D eigenvalue weighted by Gasteiger charge is -2.27. The van der Waals surface area contributed by atoms with Crippen LogP contribution in [0.4, 0.5) is 0 Å². The summed E-state index contributed by atoms with van der Waals surface area (Å²) in [5.41, 5.74) is 8.56. The molecule has 0 amide bonds. The van der Waals surface area contributed by atoms with Crippen LogP contribution in [0.15, 0.2) is 0 Å². The Bertz CT molecular complexity index is 119. The normalized spacial score (nSPS) is 30.5. The van der Waals surface area contributed by atoms with Gasteiger partial charge in [-0.1, -0.05) is 6.42 Å². The van der Waals surface area contributed by atoms with Crippen molar-refractivity contribution in [3.8, 4) is 0 Å². The molecule has 0 saturated heterocycles. The zero-order chi connectivity index (χ0) is 8.81. The van der Waals surface area contributed by atoms with E-state index in [2.05, 4.69) is 5.48 Å². The van der Waals surface area contributed by atoms with Crippen molar-refractivity contribution in [3.63, 3.8) is 0 Å². The Hall–Kier alpha value is -0.120. The fraction of sp³-hybridized carbons (Fsp3) is 1.00. The molecular formula is C9H20N2O. The van der Waals surface area contributed by atoms with Gasteiger partial charge in [-0.15, -0.1) is 0 Å². The first kappa shape index (κ1) is 9.96. The molecule has 72 valence electrons. The Labute approximate surface area is 74.6 Å². The summed E-state index contributed by atoms with van der Waals surface area (Å²) in [6.45, 7) is 1.83. The van der Waals surface area contributed by atoms with E-state index in [9.17, 15) is 0 Å². The van der Waals surface area contributed by atoms with Crippen molar-refractivity contribution in [1.82, 2.24) is 5.48 Å². The highest BCUT2D eigenvalue weighted by Crippen LogP contribution is 2.27. The highest BCUT2D eigenvalue weighted by molar-refractivity contribution is 4.74. The van der Waals surface area contributed by atoms with Crippen molar-refractivity contribution < 1.29 is 4.84 Å². The molecule has 1 aliphatic rings. The zero-order valence-corrected chi connectivity index (χ0v) is 7.88. The number of rotatable bonds is 4. The Morgan fingerprint density at radius 1 is 1.42 bits per heavy atom. The van der Waals surface area contributed by atoms with Gasteiger partial charge in [0, 0.05) is 6.54 Å². The van der Waals surface area contributed by atoms with E-state index in [-0.39, 0.29) is 0 Å². The number of hydrogen-bond acceptors (Lipinski definition) is 3. The first-order valence-electron chi connectivity index (χ1n) is 4.82. The van der Waals surface area contributed by atoms with Gasteiger partial charge in [0.05, 0.1) is 7.11 Å². The van der Waals surface area contributed by atoms with E-state index in [1.54, 1.807) is 7.11 Å². The van der Waals surface area contributed by atoms with E-state index < -0.39 is 0 Å². The average molecular weight is 172 g/mol. The first-order chi connectivity index (χ1) is 5.86. The van der Waals surface area contributed by atoms with Crippen LogP contribution in [0, 0.1) is 11.8 Å². The SMILES string of the molecule is CONCC1CCCC(CN)C1. The second-order valence-corrected chi connectivity index (χ2v) is 3.69. The summed E-state index contributed by atoms with van der Waals surface area (Å²) in [5, 5.41) is 0. The fourth-order valence-electron chi connectivity index (χ4n) is 2.00. The molecule has 1 aliphatic carbocycles. The Morgan fingerprint density at radius 3 is 2.83 bits per heavy atom. The molecule has 0 bridgehead atoms. The predicted molar refractivity (Wildman–Crippen MR) is 49.5 cm³/mol. The van der Waals surface area contributed by atoms with Gasteiger partial charge in [-0.25, -0.2) is 5.48 Å². The Morgan fingerprint density at radius 2 is 2.17 bits per heavy atom. The number of hydroxylamine groups is 1. The molecule has 0 aromatic rings. The van der Waals surface area contributed by atoms with Gasteiger partial charge in [0.2, 0.25) is 0 Å². The molecule has 0 radical (unpaired) electrons. The largest absolute Gasteiger partial charge is 0.330 e. The monoisotopic (exact) mass is 172 g/mol. The smallest absolute Gasteiger partial charge is 0.0572 e. The van der Waals surface area contributed by atoms with Gasteiger partial charge in [0.25, 0.3) is 0 Å². The minimum atomic E-state index is 0.752. The van der Waals surface area contributed by atoms with Gasteiger partial charge in [-0.3, -0.25) is 0 Å². The van der Waals surface area contributed by atoms with Crippen LogP contribution in [0.25, 0.3) is 0 Å². The fourth-order valence-corrected chi connectivity index (χ4v) is 2.00. The second kappa shape index (κ2) is 5.51. The summed E-state index contributed by atoms with van der Waals surface area (Å²) in [7, 11) is 1.67. The van der Waals surface area contributed by atoms with Crippen LogP contribution in [0.3, 0.4) is 0 Å². The molecule has 0 heterocycles. The molecule has 3 heteroatoms. The summed E-state index contributed by atoms with van der Waals surface area (Å²) in [4.78, 5) is 4.83. The molecule has 12 heavy (non-hydrogen) atoms. The maximum atomic E-state index is 5.64. The highest BCUT2D eigenvalue weighted by atomic mass is 16.6. The van der Waals surface area contributed by atoms with E-state index in [0.717, 1.165) is 24.9 Å². The van der Waals surface area contributed by atoms with Crippen LogP contribution in [0.1, 0.15) is 25.7 Å². The third-order valence-corrected chi connectivity index (χ3v) is 2.74. The van der Waals surface area contributed by atoms with Crippen molar-refractivity contribution in [1.29, 1.82) is 0 Å². The third kappa shape index (κ3) is 3.09. The number of nitrogens with two attached hydrogens (primary N) is 1. The molecule has 0 aromatic carbocycles. The molecule has 3 nitrogen and oxygen atoms in total. The number of nitrogens with one attached hydrogen (secondary N) is 1. The lowest BCUT2D eigenvalue weighted by molar-refractivity contribution is 0.0703. The summed E-state index contributed by atoms with van der Waals surface area (Å²) < 4.78 is 0. The van der Waals surface area contributed by atoms with Gasteiger partial charge in [-0.05, 0) is 37.6 Å². The molecule has 3 N–H and O–H groups in total. The van der Waals surface area contributed by atoms with Crippen LogP contribution in [-0.4, -0.2) is 20.2 Å². The molecule has 1 fully saturated rings. The molecule has 0 spiro atoms. The lowest BCUT2D eigenvalue weighted by atomic mass is 9.81. The van der Waals surface area contributed by atoms with Gasteiger partial charge in [0.1, 0.15) is 0 Å². The minimum Gasteiger partial charge on any atom is -0.330 e. The lowest BCUT2D eigenvalue weighted by Crippen LogP contribution is -2.29. The van der Waals surface area contributed by atoms with Gasteiger partial charge >= 0.3 is 0 Å². The highest BCUT2D eigenvalue weighted by Gasteiger charge is 2.20. The van der Waals surface area contributed by atoms with Gasteiger partial charge in [-0.2, -0.15) is 0 Å². The first-order valence-corrected chi connectivity index (χ1v) is 4.82. The molecule has 2 unspecified atom stereocenters. The molecule has 0 aliphatic heterocycles. The second-order valence-electron chi connectivity index (χ2n) is 3.69. The molecule has 0 aromatic heterocycles. The summed E-state index contributed by atoms with van der Waals surface area (Å²) >= 11 is 0. The van der Waals surface area contributed by atoms with Crippen LogP contribution < -0.4 is 11.2 Å². The van der Waals surface area contributed by atoms with Crippen molar-refractivity contribution in [2.45, 2.75) is 25.7 Å². The Kier molecular flexibility index (Phi) is 4.58. The molecule has 2 atom stereocenters. The van der Waals surface area contributed by atoms with Crippen LogP contribution in [0.2, 0.25) is 0 Å². The Balaban J connectivity index is 2.16. The number of hydrogen-bond donors (Lipinski definition) is 2. The molecule has 1 saturated carbocycles. The van der Waals surface area contributed by atoms with Crippen LogP contribution in [0.5, 0.6) is 0 Å². The summed E-state index contributed by atoms with van der Waals surface area (Å²) in [5.74, 6) is 1.52. The topological polar surface area (TPSA) is 47.3 Å². The molecular weight excluding hydrogens is 152 g/mol. The minimum absolute atomic E-state index is 0.752. The summed E-state index contributed by atoms with van der Waals surface area (Å²) in [6, 6.07) is 0. The van der Waals surface area contributed by atoms with Crippen molar-refractivity contribution in [2.24, 2.45) is 17.6 Å². The standard InChI is InChI=1S/C9H20N2O/c1-12-11-7-9-4-2-3-8(5-9)6-10/h8-9,11H,2-7,10H2,1H3. The van der Waals surface area contributed by atoms with E-state index >= 15 is 0 Å².